The largest absolute Gasteiger partial charge is 0.465 e. The lowest BCUT2D eigenvalue weighted by atomic mass is 10.00. The Morgan fingerprint density at radius 3 is 2.21 bits per heavy atom. The van der Waals surface area contributed by atoms with Crippen LogP contribution in [0.1, 0.15) is 30.6 Å². The van der Waals surface area contributed by atoms with Crippen molar-refractivity contribution in [2.75, 3.05) is 29.4 Å². The Hall–Kier alpha value is -4.08. The van der Waals surface area contributed by atoms with E-state index in [1.807, 2.05) is 0 Å². The van der Waals surface area contributed by atoms with E-state index >= 15 is 0 Å². The molecule has 2 aliphatic heterocycles. The van der Waals surface area contributed by atoms with E-state index in [0.29, 0.717) is 42.0 Å². The van der Waals surface area contributed by atoms with Crippen LogP contribution in [-0.4, -0.2) is 70.8 Å². The number of benzene rings is 2. The van der Waals surface area contributed by atoms with Gasteiger partial charge in [-0.3, -0.25) is 19.4 Å². The number of carbonyl (C=O) groups is 4. The van der Waals surface area contributed by atoms with Crippen molar-refractivity contribution in [1.82, 2.24) is 10.2 Å². The van der Waals surface area contributed by atoms with E-state index in [4.69, 9.17) is 0 Å². The molecule has 3 N–H and O–H groups in total. The highest BCUT2D eigenvalue weighted by atomic mass is 16.4. The Balaban J connectivity index is 1.57. The summed E-state index contributed by atoms with van der Waals surface area (Å²) in [6.07, 6.45) is -1.58. The number of rotatable bonds is 3. The molecule has 0 saturated carbocycles. The fraction of sp³-hybridized carbons (Fsp3) is 0.333. The molecule has 0 spiro atoms. The molecule has 2 heterocycles. The summed E-state index contributed by atoms with van der Waals surface area (Å²) in [5.41, 5.74) is 2.60. The predicted octanol–water partition coefficient (Wildman–Crippen LogP) is 3.08. The highest BCUT2D eigenvalue weighted by Crippen LogP contribution is 2.39. The minimum atomic E-state index is -1.15. The van der Waals surface area contributed by atoms with Crippen LogP contribution in [0.4, 0.5) is 21.0 Å². The lowest BCUT2D eigenvalue weighted by Crippen LogP contribution is -2.51. The molecule has 178 valence electrons. The Morgan fingerprint density at radius 1 is 0.912 bits per heavy atom. The van der Waals surface area contributed by atoms with E-state index in [2.05, 4.69) is 5.32 Å². The van der Waals surface area contributed by atoms with Gasteiger partial charge >= 0.3 is 12.2 Å². The molecule has 34 heavy (non-hydrogen) atoms. The summed E-state index contributed by atoms with van der Waals surface area (Å²) < 4.78 is 0. The van der Waals surface area contributed by atoms with Crippen LogP contribution in [0.5, 0.6) is 0 Å². The van der Waals surface area contributed by atoms with Gasteiger partial charge in [-0.1, -0.05) is 18.2 Å². The average Bonchev–Trinajstić information content (AvgIpc) is 3.25. The molecule has 2 atom stereocenters. The van der Waals surface area contributed by atoms with Gasteiger partial charge in [-0.15, -0.1) is 0 Å². The molecule has 4 rings (SSSR count). The van der Waals surface area contributed by atoms with Crippen molar-refractivity contribution in [3.8, 4) is 11.1 Å². The van der Waals surface area contributed by atoms with Crippen molar-refractivity contribution in [2.45, 2.75) is 32.4 Å². The first-order valence-corrected chi connectivity index (χ1v) is 11.0. The average molecular weight is 466 g/mol. The van der Waals surface area contributed by atoms with Crippen molar-refractivity contribution >= 4 is 35.4 Å². The topological polar surface area (TPSA) is 130 Å². The zero-order valence-electron chi connectivity index (χ0n) is 18.9. The maximum atomic E-state index is 12.8. The van der Waals surface area contributed by atoms with Crippen LogP contribution in [0.25, 0.3) is 11.1 Å². The van der Waals surface area contributed by atoms with Gasteiger partial charge in [0, 0.05) is 31.6 Å². The van der Waals surface area contributed by atoms with Crippen molar-refractivity contribution < 1.29 is 29.4 Å². The summed E-state index contributed by atoms with van der Waals surface area (Å²) in [7, 11) is 0. The molecule has 0 unspecified atom stereocenters. The van der Waals surface area contributed by atoms with E-state index < -0.39 is 18.2 Å². The van der Waals surface area contributed by atoms with Crippen LogP contribution >= 0.6 is 0 Å². The lowest BCUT2D eigenvalue weighted by Gasteiger charge is -2.38. The molecule has 2 aromatic rings. The van der Waals surface area contributed by atoms with Crippen LogP contribution in [-0.2, 0) is 4.79 Å². The molecule has 1 saturated heterocycles. The maximum absolute atomic E-state index is 12.8. The number of amides is 4. The first-order valence-electron chi connectivity index (χ1n) is 11.0. The smallest absolute Gasteiger partial charge is 0.412 e. The fourth-order valence-corrected chi connectivity index (χ4v) is 4.62. The Morgan fingerprint density at radius 2 is 1.59 bits per heavy atom. The van der Waals surface area contributed by atoms with Gasteiger partial charge in [0.25, 0.3) is 5.91 Å². The number of anilines is 2. The highest BCUT2D eigenvalue weighted by molar-refractivity contribution is 6.01. The number of carbonyl (C=O) groups excluding carboxylic acids is 2. The van der Waals surface area contributed by atoms with E-state index in [-0.39, 0.29) is 24.4 Å². The third-order valence-electron chi connectivity index (χ3n) is 6.20. The summed E-state index contributed by atoms with van der Waals surface area (Å²) in [6, 6.07) is 11.4. The van der Waals surface area contributed by atoms with Gasteiger partial charge in [-0.05, 0) is 48.7 Å². The first-order chi connectivity index (χ1) is 16.2. The van der Waals surface area contributed by atoms with Gasteiger partial charge in [-0.2, -0.15) is 0 Å². The molecule has 4 amide bonds. The number of nitrogens with one attached hydrogen (secondary N) is 1. The SMILES string of the molecule is CC(=O)N[C@@H]1CCN(C(=O)c2ccc(-c3ccc4c(c3)N(C(=O)O)C[C@H](C)N4C(=O)O)cc2)C1. The molecule has 10 heteroatoms. The monoisotopic (exact) mass is 466 g/mol. The Labute approximate surface area is 196 Å². The molecule has 0 aromatic heterocycles. The number of likely N-dealkylation sites (tertiary alicyclic amines) is 1. The molecule has 2 aromatic carbocycles. The van der Waals surface area contributed by atoms with Gasteiger partial charge in [-0.25, -0.2) is 9.59 Å². The molecule has 0 aliphatic carbocycles. The van der Waals surface area contributed by atoms with Crippen molar-refractivity contribution in [1.29, 1.82) is 0 Å². The molecule has 10 nitrogen and oxygen atoms in total. The van der Waals surface area contributed by atoms with Crippen LogP contribution in [0.3, 0.4) is 0 Å². The molecule has 1 fully saturated rings. The van der Waals surface area contributed by atoms with Gasteiger partial charge in [0.05, 0.1) is 24.0 Å². The Kier molecular flexibility index (Phi) is 6.14. The van der Waals surface area contributed by atoms with Crippen LogP contribution in [0, 0.1) is 0 Å². The summed E-state index contributed by atoms with van der Waals surface area (Å²) in [5, 5.41) is 22.1. The van der Waals surface area contributed by atoms with Crippen molar-refractivity contribution in [3.63, 3.8) is 0 Å². The molecule has 0 radical (unpaired) electrons. The summed E-state index contributed by atoms with van der Waals surface area (Å²) in [4.78, 5) is 51.7. The number of hydrogen-bond acceptors (Lipinski definition) is 4. The van der Waals surface area contributed by atoms with E-state index in [9.17, 15) is 29.4 Å². The van der Waals surface area contributed by atoms with Crippen molar-refractivity contribution in [3.05, 3.63) is 48.0 Å². The van der Waals surface area contributed by atoms with Gasteiger partial charge in [0.1, 0.15) is 0 Å². The minimum Gasteiger partial charge on any atom is -0.465 e. The number of carboxylic acid groups (broad SMARTS) is 2. The van der Waals surface area contributed by atoms with Crippen LogP contribution < -0.4 is 15.1 Å². The van der Waals surface area contributed by atoms with Crippen LogP contribution in [0.2, 0.25) is 0 Å². The van der Waals surface area contributed by atoms with Gasteiger partial charge < -0.3 is 20.4 Å². The van der Waals surface area contributed by atoms with Gasteiger partial charge in [0.2, 0.25) is 5.91 Å². The second-order valence-electron chi connectivity index (χ2n) is 8.61. The standard InChI is InChI=1S/C24H26N4O6/c1-14-12-27(23(31)32)21-11-18(7-8-20(21)28(14)24(33)34)16-3-5-17(6-4-16)22(30)26-10-9-19(13-26)25-15(2)29/h3-8,11,14,19H,9-10,12-13H2,1-2H3,(H,25,29)(H,31,32)(H,33,34)/t14-,19+/m0/s1. The highest BCUT2D eigenvalue weighted by Gasteiger charge is 2.35. The first kappa shape index (κ1) is 23.1. The lowest BCUT2D eigenvalue weighted by molar-refractivity contribution is -0.119. The van der Waals surface area contributed by atoms with E-state index in [0.717, 1.165) is 10.5 Å². The zero-order valence-corrected chi connectivity index (χ0v) is 18.9. The maximum Gasteiger partial charge on any atom is 0.412 e. The summed E-state index contributed by atoms with van der Waals surface area (Å²) in [5.74, 6) is -0.232. The second kappa shape index (κ2) is 9.05. The summed E-state index contributed by atoms with van der Waals surface area (Å²) >= 11 is 0. The zero-order chi connectivity index (χ0) is 24.6. The molecule has 0 bridgehead atoms. The minimum absolute atomic E-state index is 0.0286. The molecular formula is C24H26N4O6. The number of fused-ring (bicyclic) bond motifs is 1. The second-order valence-corrected chi connectivity index (χ2v) is 8.61. The number of nitrogens with zero attached hydrogens (tertiary/aromatic N) is 3. The summed E-state index contributed by atoms with van der Waals surface area (Å²) in [6.45, 7) is 4.18. The quantitative estimate of drug-likeness (QED) is 0.637. The molecule has 2 aliphatic rings. The van der Waals surface area contributed by atoms with Crippen LogP contribution in [0.15, 0.2) is 42.5 Å². The normalized spacial score (nSPS) is 19.5. The predicted molar refractivity (Wildman–Crippen MR) is 125 cm³/mol. The Bertz CT molecular complexity index is 1150. The third-order valence-corrected chi connectivity index (χ3v) is 6.20. The fourth-order valence-electron chi connectivity index (χ4n) is 4.62. The molecular weight excluding hydrogens is 440 g/mol. The number of hydrogen-bond donors (Lipinski definition) is 3. The van der Waals surface area contributed by atoms with E-state index in [1.54, 1.807) is 54.3 Å². The van der Waals surface area contributed by atoms with E-state index in [1.165, 1.54) is 11.8 Å². The van der Waals surface area contributed by atoms with Crippen molar-refractivity contribution in [2.24, 2.45) is 0 Å². The third kappa shape index (κ3) is 4.39. The van der Waals surface area contributed by atoms with Gasteiger partial charge in [0.15, 0.2) is 0 Å².